The van der Waals surface area contributed by atoms with Gasteiger partial charge in [-0.2, -0.15) is 0 Å². The van der Waals surface area contributed by atoms with E-state index < -0.39 is 0 Å². The van der Waals surface area contributed by atoms with Crippen LogP contribution in [0.15, 0.2) is 66.7 Å². The third-order valence-corrected chi connectivity index (χ3v) is 7.83. The van der Waals surface area contributed by atoms with E-state index in [1.807, 2.05) is 24.3 Å². The fourth-order valence-corrected chi connectivity index (χ4v) is 5.23. The molecule has 0 bridgehead atoms. The Hall–Kier alpha value is -2.84. The first-order valence-electron chi connectivity index (χ1n) is 12.9. The van der Waals surface area contributed by atoms with Crippen molar-refractivity contribution in [3.8, 4) is 0 Å². The normalized spacial score (nSPS) is 12.3. The fraction of sp³-hybridized carbons (Fsp3) is 0.355. The number of carbonyl (C=O) groups excluding carboxylic acids is 1. The number of rotatable bonds is 9. The number of carbonyl (C=O) groups is 1. The predicted molar refractivity (Wildman–Crippen MR) is 153 cm³/mol. The molecule has 1 aromatic heterocycles. The molecule has 0 aliphatic rings. The second-order valence-electron chi connectivity index (χ2n) is 10.2. The summed E-state index contributed by atoms with van der Waals surface area (Å²) in [5.41, 5.74) is 7.74. The minimum absolute atomic E-state index is 0.0836. The van der Waals surface area contributed by atoms with Crippen LogP contribution in [-0.2, 0) is 6.54 Å². The molecule has 1 amide bonds. The molecule has 0 radical (unpaired) electrons. The second kappa shape index (κ2) is 11.5. The quantitative estimate of drug-likeness (QED) is 0.233. The van der Waals surface area contributed by atoms with Crippen molar-refractivity contribution in [2.75, 3.05) is 6.54 Å². The molecular weight excluding hydrogens is 505 g/mol. The van der Waals surface area contributed by atoms with E-state index in [0.717, 1.165) is 52.7 Å². The first kappa shape index (κ1) is 26.2. The van der Waals surface area contributed by atoms with Crippen molar-refractivity contribution in [1.82, 2.24) is 14.5 Å². The van der Waals surface area contributed by atoms with Gasteiger partial charge in [0.1, 0.15) is 0 Å². The van der Waals surface area contributed by atoms with Crippen molar-refractivity contribution in [1.29, 1.82) is 0 Å². The van der Waals surface area contributed by atoms with E-state index in [1.54, 1.807) is 16.9 Å². The van der Waals surface area contributed by atoms with Gasteiger partial charge >= 0.3 is 225 Å². The van der Waals surface area contributed by atoms with E-state index in [1.165, 1.54) is 16.7 Å². The molecule has 1 unspecified atom stereocenters. The zero-order chi connectivity index (χ0) is 25.8. The van der Waals surface area contributed by atoms with Crippen LogP contribution in [0, 0.1) is 26.7 Å². The number of hydrogen-bond donors (Lipinski definition) is 0. The summed E-state index contributed by atoms with van der Waals surface area (Å²) in [7, 11) is 0. The third kappa shape index (κ3) is 5.60. The van der Waals surface area contributed by atoms with E-state index in [-0.39, 0.29) is 17.9 Å². The van der Waals surface area contributed by atoms with Gasteiger partial charge in [0.05, 0.1) is 0 Å². The molecule has 4 aromatic rings. The van der Waals surface area contributed by atoms with Gasteiger partial charge in [0.15, 0.2) is 0 Å². The Balaban J connectivity index is 1.88. The number of nitrogens with zero attached hydrogens (tertiary/aromatic N) is 3. The van der Waals surface area contributed by atoms with E-state index >= 15 is 0 Å². The number of imidazole rings is 1. The molecule has 4 nitrogen and oxygen atoms in total. The van der Waals surface area contributed by atoms with Crippen molar-refractivity contribution in [2.45, 2.75) is 58.8 Å². The summed E-state index contributed by atoms with van der Waals surface area (Å²) < 4.78 is 2.34. The van der Waals surface area contributed by atoms with Crippen molar-refractivity contribution < 1.29 is 4.79 Å². The van der Waals surface area contributed by atoms with Crippen LogP contribution in [0.4, 0.5) is 0 Å². The summed E-state index contributed by atoms with van der Waals surface area (Å²) in [6.45, 7) is 12.2. The van der Waals surface area contributed by atoms with Crippen LogP contribution in [0.1, 0.15) is 64.7 Å². The molecule has 0 N–H and O–H groups in total. The Kier molecular flexibility index (Phi) is 8.36. The van der Waals surface area contributed by atoms with Crippen LogP contribution in [0.3, 0.4) is 0 Å². The first-order chi connectivity index (χ1) is 17.3. The van der Waals surface area contributed by atoms with Crippen LogP contribution in [0.2, 0.25) is 5.21 Å². The number of benzene rings is 3. The van der Waals surface area contributed by atoms with Crippen molar-refractivity contribution >= 4 is 33.8 Å². The molecule has 3 aromatic carbocycles. The standard InChI is InChI=1S/C31H38AsN3O/c1-21(2)29(34(17-9-16-32)31(36)26-14-12-22(3)13-15-26)30-33-27-18-23(4)24(5)19-28(27)35(30)20-25-10-7-6-8-11-25/h6-8,10-15,18-19,21,29H,9,16-17,20,32H2,1-5H3/t29-/m1/s1. The van der Waals surface area contributed by atoms with E-state index in [4.69, 9.17) is 4.98 Å². The molecule has 1 heterocycles. The molecule has 36 heavy (non-hydrogen) atoms. The van der Waals surface area contributed by atoms with Gasteiger partial charge in [-0.05, 0) is 0 Å². The van der Waals surface area contributed by atoms with Crippen LogP contribution >= 0.6 is 0 Å². The van der Waals surface area contributed by atoms with Gasteiger partial charge in [0.25, 0.3) is 0 Å². The summed E-state index contributed by atoms with van der Waals surface area (Å²) in [6.07, 6.45) is 0.984. The van der Waals surface area contributed by atoms with Gasteiger partial charge in [0, 0.05) is 0 Å². The molecule has 0 saturated carbocycles. The molecule has 0 fully saturated rings. The molecule has 0 aliphatic carbocycles. The maximum absolute atomic E-state index is 14.0. The van der Waals surface area contributed by atoms with Crippen LogP contribution in [0.25, 0.3) is 11.0 Å². The number of hydrogen-bond acceptors (Lipinski definition) is 2. The van der Waals surface area contributed by atoms with Gasteiger partial charge < -0.3 is 0 Å². The van der Waals surface area contributed by atoms with Gasteiger partial charge in [0.2, 0.25) is 0 Å². The van der Waals surface area contributed by atoms with Crippen molar-refractivity contribution in [2.24, 2.45) is 5.92 Å². The Morgan fingerprint density at radius 1 is 0.972 bits per heavy atom. The Morgan fingerprint density at radius 2 is 1.64 bits per heavy atom. The third-order valence-electron chi connectivity index (χ3n) is 6.97. The molecule has 4 rings (SSSR count). The zero-order valence-corrected chi connectivity index (χ0v) is 24.6. The predicted octanol–water partition coefficient (Wildman–Crippen LogP) is 6.29. The molecule has 188 valence electrons. The molecular formula is C31H38AsN3O. The van der Waals surface area contributed by atoms with Crippen LogP contribution < -0.4 is 0 Å². The minimum atomic E-state index is -0.130. The maximum atomic E-state index is 14.0. The van der Waals surface area contributed by atoms with Gasteiger partial charge in [-0.1, -0.05) is 0 Å². The average Bonchev–Trinajstić information content (AvgIpc) is 3.18. The molecule has 0 spiro atoms. The monoisotopic (exact) mass is 543 g/mol. The summed E-state index contributed by atoms with van der Waals surface area (Å²) >= 11 is 1.71. The molecule has 5 heteroatoms. The number of fused-ring (bicyclic) bond motifs is 1. The summed E-state index contributed by atoms with van der Waals surface area (Å²) in [6, 6.07) is 22.8. The summed E-state index contributed by atoms with van der Waals surface area (Å²) in [5.74, 6) is 1.26. The number of amides is 1. The molecule has 0 aliphatic heterocycles. The van der Waals surface area contributed by atoms with Crippen LogP contribution in [-0.4, -0.2) is 43.8 Å². The fourth-order valence-electron chi connectivity index (χ4n) is 4.84. The molecule has 2 atom stereocenters. The Morgan fingerprint density at radius 3 is 2.28 bits per heavy atom. The Bertz CT molecular complexity index is 1330. The van der Waals surface area contributed by atoms with Gasteiger partial charge in [-0.25, -0.2) is 0 Å². The SMILES string of the molecule is Cc1ccc(C(=O)N(CCC[AsH2])[C@@H](c2nc3cc(C)c(C)cc3n2Cc2ccccc2)C(C)C)cc1. The van der Waals surface area contributed by atoms with E-state index in [0.29, 0.717) is 0 Å². The molecule has 0 saturated heterocycles. The topological polar surface area (TPSA) is 38.1 Å². The van der Waals surface area contributed by atoms with Crippen LogP contribution in [0.5, 0.6) is 0 Å². The zero-order valence-electron chi connectivity index (χ0n) is 22.2. The summed E-state index contributed by atoms with van der Waals surface area (Å²) in [5, 5.41) is 1.09. The average molecular weight is 544 g/mol. The summed E-state index contributed by atoms with van der Waals surface area (Å²) in [4.78, 5) is 21.3. The van der Waals surface area contributed by atoms with Crippen molar-refractivity contribution in [3.05, 3.63) is 100 Å². The van der Waals surface area contributed by atoms with Gasteiger partial charge in [-0.15, -0.1) is 0 Å². The first-order valence-corrected chi connectivity index (χ1v) is 14.6. The van der Waals surface area contributed by atoms with Crippen molar-refractivity contribution in [3.63, 3.8) is 0 Å². The number of aromatic nitrogens is 2. The second-order valence-corrected chi connectivity index (χ2v) is 11.4. The number of aryl methyl sites for hydroxylation is 3. The van der Waals surface area contributed by atoms with Gasteiger partial charge in [-0.3, -0.25) is 0 Å². The van der Waals surface area contributed by atoms with E-state index in [2.05, 4.69) is 86.6 Å². The van der Waals surface area contributed by atoms with E-state index in [9.17, 15) is 4.79 Å². The Labute approximate surface area is 224 Å².